The Morgan fingerprint density at radius 3 is 2.81 bits per heavy atom. The van der Waals surface area contributed by atoms with Crippen molar-refractivity contribution < 1.29 is 14.1 Å². The van der Waals surface area contributed by atoms with Crippen molar-refractivity contribution in [2.24, 2.45) is 0 Å². The van der Waals surface area contributed by atoms with Gasteiger partial charge in [-0.1, -0.05) is 11.6 Å². The van der Waals surface area contributed by atoms with Crippen LogP contribution in [0.15, 0.2) is 12.1 Å². The third-order valence-electron chi connectivity index (χ3n) is 3.27. The summed E-state index contributed by atoms with van der Waals surface area (Å²) < 4.78 is 18.6. The molecular formula is C13H17ClFN3O3. The van der Waals surface area contributed by atoms with Gasteiger partial charge in [-0.05, 0) is 13.0 Å². The molecule has 0 amide bonds. The molecule has 6 nitrogen and oxygen atoms in total. The average Bonchev–Trinajstić information content (AvgIpc) is 2.43. The molecule has 8 heteroatoms. The minimum absolute atomic E-state index is 0.0386. The van der Waals surface area contributed by atoms with E-state index in [1.807, 2.05) is 6.92 Å². The Balaban J connectivity index is 2.07. The van der Waals surface area contributed by atoms with E-state index in [1.54, 1.807) is 0 Å². The zero-order chi connectivity index (χ0) is 15.4. The molecular weight excluding hydrogens is 301 g/mol. The van der Waals surface area contributed by atoms with Gasteiger partial charge < -0.3 is 10.1 Å². The van der Waals surface area contributed by atoms with E-state index in [2.05, 4.69) is 10.2 Å². The predicted octanol–water partition coefficient (Wildman–Crippen LogP) is 2.52. The lowest BCUT2D eigenvalue weighted by molar-refractivity contribution is -0.384. The number of hydrogen-bond acceptors (Lipinski definition) is 5. The molecule has 0 radical (unpaired) electrons. The maximum absolute atomic E-state index is 13.3. The number of nitro benzene ring substituents is 1. The van der Waals surface area contributed by atoms with E-state index in [-0.39, 0.29) is 22.4 Å². The largest absolute Gasteiger partial charge is 0.379 e. The first-order valence-electron chi connectivity index (χ1n) is 6.67. The zero-order valence-corrected chi connectivity index (χ0v) is 12.4. The first-order chi connectivity index (χ1) is 9.97. The van der Waals surface area contributed by atoms with Crippen LogP contribution in [-0.2, 0) is 4.74 Å². The molecule has 0 saturated carbocycles. The van der Waals surface area contributed by atoms with Crippen LogP contribution in [0.3, 0.4) is 0 Å². The molecule has 116 valence electrons. The topological polar surface area (TPSA) is 67.6 Å². The van der Waals surface area contributed by atoms with Crippen molar-refractivity contribution in [3.63, 3.8) is 0 Å². The van der Waals surface area contributed by atoms with Crippen molar-refractivity contribution in [1.82, 2.24) is 4.90 Å². The van der Waals surface area contributed by atoms with Crippen LogP contribution in [0.1, 0.15) is 6.92 Å². The third kappa shape index (κ3) is 4.26. The average molecular weight is 318 g/mol. The number of hydrogen-bond donors (Lipinski definition) is 1. The number of nitrogens with one attached hydrogen (secondary N) is 1. The van der Waals surface area contributed by atoms with Gasteiger partial charge in [0.1, 0.15) is 11.5 Å². The van der Waals surface area contributed by atoms with Gasteiger partial charge >= 0.3 is 0 Å². The van der Waals surface area contributed by atoms with Gasteiger partial charge in [0, 0.05) is 25.7 Å². The maximum atomic E-state index is 13.3. The highest BCUT2D eigenvalue weighted by Crippen LogP contribution is 2.30. The van der Waals surface area contributed by atoms with Crippen LogP contribution >= 0.6 is 11.6 Å². The number of rotatable bonds is 5. The predicted molar refractivity (Wildman–Crippen MR) is 78.4 cm³/mol. The zero-order valence-electron chi connectivity index (χ0n) is 11.6. The fraction of sp³-hybridized carbons (Fsp3) is 0.538. The van der Waals surface area contributed by atoms with Gasteiger partial charge in [-0.15, -0.1) is 0 Å². The molecule has 1 atom stereocenters. The molecule has 0 aliphatic carbocycles. The van der Waals surface area contributed by atoms with Crippen molar-refractivity contribution in [3.05, 3.63) is 33.1 Å². The monoisotopic (exact) mass is 317 g/mol. The Morgan fingerprint density at radius 2 is 2.19 bits per heavy atom. The summed E-state index contributed by atoms with van der Waals surface area (Å²) in [5, 5.41) is 13.9. The minimum Gasteiger partial charge on any atom is -0.379 e. The molecule has 1 aromatic carbocycles. The maximum Gasteiger partial charge on any atom is 0.295 e. The molecule has 1 heterocycles. The van der Waals surface area contributed by atoms with Crippen LogP contribution in [0.4, 0.5) is 15.8 Å². The number of nitro groups is 1. The molecule has 1 aliphatic heterocycles. The standard InChI is InChI=1S/C13H17ClFN3O3/c1-9(8-17-2-4-21-5-3-17)16-12-6-10(14)11(15)7-13(12)18(19)20/h6-7,9,16H,2-5,8H2,1H3. The summed E-state index contributed by atoms with van der Waals surface area (Å²) in [7, 11) is 0. The molecule has 1 aromatic rings. The van der Waals surface area contributed by atoms with Crippen molar-refractivity contribution in [2.75, 3.05) is 38.2 Å². The second-order valence-electron chi connectivity index (χ2n) is 5.00. The van der Waals surface area contributed by atoms with Gasteiger partial charge in [0.2, 0.25) is 0 Å². The van der Waals surface area contributed by atoms with Crippen molar-refractivity contribution >= 4 is 23.0 Å². The SMILES string of the molecule is CC(CN1CCOCC1)Nc1cc(Cl)c(F)cc1[N+](=O)[O-]. The lowest BCUT2D eigenvalue weighted by atomic mass is 10.2. The minimum atomic E-state index is -0.797. The van der Waals surface area contributed by atoms with E-state index < -0.39 is 10.7 Å². The van der Waals surface area contributed by atoms with Gasteiger partial charge in [-0.3, -0.25) is 15.0 Å². The summed E-state index contributed by atoms with van der Waals surface area (Å²) in [5.41, 5.74) is -0.0853. The lowest BCUT2D eigenvalue weighted by Crippen LogP contribution is -2.42. The van der Waals surface area contributed by atoms with Crippen LogP contribution < -0.4 is 5.32 Å². The van der Waals surface area contributed by atoms with Crippen LogP contribution in [0, 0.1) is 15.9 Å². The Kier molecular flexibility index (Phi) is 5.33. The summed E-state index contributed by atoms with van der Waals surface area (Å²) in [4.78, 5) is 12.6. The summed E-state index contributed by atoms with van der Waals surface area (Å²) in [6.07, 6.45) is 0. The van der Waals surface area contributed by atoms with E-state index in [0.717, 1.165) is 25.7 Å². The fourth-order valence-electron chi connectivity index (χ4n) is 2.29. The Morgan fingerprint density at radius 1 is 1.52 bits per heavy atom. The van der Waals surface area contributed by atoms with Gasteiger partial charge in [-0.2, -0.15) is 0 Å². The highest BCUT2D eigenvalue weighted by molar-refractivity contribution is 6.31. The molecule has 1 aliphatic rings. The van der Waals surface area contributed by atoms with E-state index in [9.17, 15) is 14.5 Å². The highest BCUT2D eigenvalue weighted by Gasteiger charge is 2.20. The molecule has 0 bridgehead atoms. The number of morpholine rings is 1. The molecule has 0 aromatic heterocycles. The van der Waals surface area contributed by atoms with Crippen molar-refractivity contribution in [1.29, 1.82) is 0 Å². The van der Waals surface area contributed by atoms with Crippen LogP contribution in [0.25, 0.3) is 0 Å². The molecule has 1 fully saturated rings. The van der Waals surface area contributed by atoms with Gasteiger partial charge in [0.25, 0.3) is 5.69 Å². The van der Waals surface area contributed by atoms with E-state index >= 15 is 0 Å². The highest BCUT2D eigenvalue weighted by atomic mass is 35.5. The number of ether oxygens (including phenoxy) is 1. The molecule has 2 rings (SSSR count). The third-order valence-corrected chi connectivity index (χ3v) is 3.56. The molecule has 1 unspecified atom stereocenters. The quantitative estimate of drug-likeness (QED) is 0.667. The second kappa shape index (κ2) is 7.02. The number of halogens is 2. The normalized spacial score (nSPS) is 17.5. The summed E-state index contributed by atoms with van der Waals surface area (Å²) in [6, 6.07) is 2.06. The number of benzene rings is 1. The number of nitrogens with zero attached hydrogens (tertiary/aromatic N) is 2. The Labute approximate surface area is 127 Å². The summed E-state index contributed by atoms with van der Waals surface area (Å²) in [6.45, 7) is 5.67. The van der Waals surface area contributed by atoms with Crippen LogP contribution in [0.5, 0.6) is 0 Å². The lowest BCUT2D eigenvalue weighted by Gasteiger charge is -2.29. The van der Waals surface area contributed by atoms with E-state index in [1.165, 1.54) is 6.07 Å². The first-order valence-corrected chi connectivity index (χ1v) is 7.05. The van der Waals surface area contributed by atoms with Crippen LogP contribution in [-0.4, -0.2) is 48.7 Å². The van der Waals surface area contributed by atoms with Crippen LogP contribution in [0.2, 0.25) is 5.02 Å². The van der Waals surface area contributed by atoms with E-state index in [4.69, 9.17) is 16.3 Å². The van der Waals surface area contributed by atoms with Crippen molar-refractivity contribution in [2.45, 2.75) is 13.0 Å². The Bertz CT molecular complexity index is 524. The van der Waals surface area contributed by atoms with Gasteiger partial charge in [-0.25, -0.2) is 4.39 Å². The summed E-state index contributed by atoms with van der Waals surface area (Å²) in [5.74, 6) is -0.797. The van der Waals surface area contributed by atoms with Gasteiger partial charge in [0.05, 0.1) is 29.2 Å². The molecule has 21 heavy (non-hydrogen) atoms. The molecule has 1 saturated heterocycles. The smallest absolute Gasteiger partial charge is 0.295 e. The van der Waals surface area contributed by atoms with Crippen molar-refractivity contribution in [3.8, 4) is 0 Å². The van der Waals surface area contributed by atoms with E-state index in [0.29, 0.717) is 13.2 Å². The second-order valence-corrected chi connectivity index (χ2v) is 5.41. The van der Waals surface area contributed by atoms with Gasteiger partial charge in [0.15, 0.2) is 0 Å². The molecule has 0 spiro atoms. The molecule has 1 N–H and O–H groups in total. The number of anilines is 1. The summed E-state index contributed by atoms with van der Waals surface area (Å²) >= 11 is 5.70. The fourth-order valence-corrected chi connectivity index (χ4v) is 2.45. The first kappa shape index (κ1) is 15.9. The Hall–Kier alpha value is -1.44.